The molecule has 0 unspecified atom stereocenters. The number of likely N-dealkylation sites (N-methyl/N-ethyl adjacent to an activating group) is 2. The quantitative estimate of drug-likeness (QED) is 0.791. The molecule has 1 aromatic rings. The number of hydrogen-bond acceptors (Lipinski definition) is 5. The van der Waals surface area contributed by atoms with Crippen molar-refractivity contribution in [2.75, 3.05) is 37.3 Å². The molecule has 0 bridgehead atoms. The fraction of sp³-hybridized carbons (Fsp3) is 0.600. The van der Waals surface area contributed by atoms with Crippen LogP contribution in [0, 0.1) is 0 Å². The maximum Gasteiger partial charge on any atom is 0.257 e. The monoisotopic (exact) mass is 371 g/mol. The van der Waals surface area contributed by atoms with Crippen molar-refractivity contribution in [3.8, 4) is 0 Å². The minimum Gasteiger partial charge on any atom is -0.332 e. The summed E-state index contributed by atoms with van der Waals surface area (Å²) in [5.74, 6) is -0.198. The Bertz CT molecular complexity index is 800. The predicted octanol–water partition coefficient (Wildman–Crippen LogP) is 0.894. The van der Waals surface area contributed by atoms with Gasteiger partial charge in [0, 0.05) is 31.6 Å². The molecule has 24 heavy (non-hydrogen) atoms. The normalized spacial score (nSPS) is 19.3. The van der Waals surface area contributed by atoms with Crippen LogP contribution < -0.4 is 4.90 Å². The van der Waals surface area contributed by atoms with Crippen LogP contribution in [0.15, 0.2) is 0 Å². The van der Waals surface area contributed by atoms with Crippen molar-refractivity contribution in [3.63, 3.8) is 0 Å². The van der Waals surface area contributed by atoms with Gasteiger partial charge >= 0.3 is 0 Å². The second-order valence-electron chi connectivity index (χ2n) is 5.97. The van der Waals surface area contributed by atoms with Crippen LogP contribution >= 0.6 is 11.3 Å². The minimum atomic E-state index is -3.26. The molecule has 0 radical (unpaired) electrons. The molecule has 7 nitrogen and oxygen atoms in total. The van der Waals surface area contributed by atoms with Gasteiger partial charge in [0.15, 0.2) is 0 Å². The van der Waals surface area contributed by atoms with Gasteiger partial charge in [-0.05, 0) is 25.8 Å². The van der Waals surface area contributed by atoms with Crippen LogP contribution in [0.5, 0.6) is 0 Å². The van der Waals surface area contributed by atoms with E-state index in [1.165, 1.54) is 20.5 Å². The molecule has 0 N–H and O–H groups in total. The molecule has 3 heterocycles. The van der Waals surface area contributed by atoms with Gasteiger partial charge in [-0.15, -0.1) is 11.3 Å². The molecule has 2 aliphatic rings. The summed E-state index contributed by atoms with van der Waals surface area (Å²) in [5.41, 5.74) is 1.49. The molecule has 2 amide bonds. The molecule has 0 fully saturated rings. The molecular weight excluding hydrogens is 350 g/mol. The lowest BCUT2D eigenvalue weighted by Crippen LogP contribution is -2.38. The maximum atomic E-state index is 12.7. The smallest absolute Gasteiger partial charge is 0.257 e. The summed E-state index contributed by atoms with van der Waals surface area (Å²) < 4.78 is 25.8. The van der Waals surface area contributed by atoms with E-state index in [0.717, 1.165) is 10.4 Å². The lowest BCUT2D eigenvalue weighted by Gasteiger charge is -2.26. The van der Waals surface area contributed by atoms with Crippen LogP contribution in [0.3, 0.4) is 0 Å². The molecular formula is C15H21N3O4S2. The summed E-state index contributed by atoms with van der Waals surface area (Å²) in [6.07, 6.45) is 0.506. The van der Waals surface area contributed by atoms with E-state index in [1.807, 2.05) is 6.92 Å². The van der Waals surface area contributed by atoms with Gasteiger partial charge in [0.2, 0.25) is 15.9 Å². The van der Waals surface area contributed by atoms with Gasteiger partial charge in [-0.2, -0.15) is 4.31 Å². The van der Waals surface area contributed by atoms with Crippen molar-refractivity contribution in [2.45, 2.75) is 26.8 Å². The molecule has 0 spiro atoms. The fourth-order valence-electron chi connectivity index (χ4n) is 3.18. The molecule has 132 valence electrons. The number of sulfonamides is 1. The highest BCUT2D eigenvalue weighted by atomic mass is 32.2. The van der Waals surface area contributed by atoms with E-state index in [9.17, 15) is 18.0 Å². The third-order valence-electron chi connectivity index (χ3n) is 4.56. The van der Waals surface area contributed by atoms with E-state index in [1.54, 1.807) is 18.9 Å². The number of thiophene rings is 1. The van der Waals surface area contributed by atoms with Crippen molar-refractivity contribution in [3.05, 3.63) is 16.0 Å². The number of carbonyl (C=O) groups is 2. The Morgan fingerprint density at radius 2 is 1.88 bits per heavy atom. The van der Waals surface area contributed by atoms with E-state index >= 15 is 0 Å². The van der Waals surface area contributed by atoms with Gasteiger partial charge in [-0.25, -0.2) is 8.42 Å². The molecule has 3 rings (SSSR count). The van der Waals surface area contributed by atoms with Crippen molar-refractivity contribution in [1.82, 2.24) is 9.21 Å². The van der Waals surface area contributed by atoms with Gasteiger partial charge in [0.25, 0.3) is 5.91 Å². The van der Waals surface area contributed by atoms with Crippen molar-refractivity contribution in [1.29, 1.82) is 0 Å². The Morgan fingerprint density at radius 1 is 1.17 bits per heavy atom. The predicted molar refractivity (Wildman–Crippen MR) is 92.9 cm³/mol. The average Bonchev–Trinajstić information content (AvgIpc) is 2.88. The second kappa shape index (κ2) is 6.12. The zero-order valence-corrected chi connectivity index (χ0v) is 15.7. The Morgan fingerprint density at radius 3 is 2.50 bits per heavy atom. The highest BCUT2D eigenvalue weighted by molar-refractivity contribution is 7.89. The molecule has 0 aliphatic carbocycles. The Kier molecular flexibility index (Phi) is 4.43. The Balaban J connectivity index is 2.09. The average molecular weight is 371 g/mol. The minimum absolute atomic E-state index is 0.0641. The van der Waals surface area contributed by atoms with Crippen LogP contribution in [0.25, 0.3) is 0 Å². The van der Waals surface area contributed by atoms with Crippen molar-refractivity contribution >= 4 is 38.2 Å². The van der Waals surface area contributed by atoms with E-state index in [2.05, 4.69) is 0 Å². The summed E-state index contributed by atoms with van der Waals surface area (Å²) in [6.45, 7) is 4.73. The first-order valence-electron chi connectivity index (χ1n) is 7.98. The van der Waals surface area contributed by atoms with Gasteiger partial charge in [0.1, 0.15) is 11.5 Å². The first-order chi connectivity index (χ1) is 11.3. The van der Waals surface area contributed by atoms with E-state index in [-0.39, 0.29) is 30.7 Å². The largest absolute Gasteiger partial charge is 0.332 e. The van der Waals surface area contributed by atoms with Crippen molar-refractivity contribution in [2.24, 2.45) is 0 Å². The number of rotatable bonds is 3. The fourth-order valence-corrected chi connectivity index (χ4v) is 5.76. The zero-order valence-electron chi connectivity index (χ0n) is 14.0. The summed E-state index contributed by atoms with van der Waals surface area (Å²) in [6, 6.07) is 0. The molecule has 0 saturated carbocycles. The SMILES string of the molecule is CCN1C(=O)CN(C)C(=O)c2c1sc1c2CCN(S(=O)(=O)CC)C1. The van der Waals surface area contributed by atoms with Crippen LogP contribution in [-0.2, 0) is 27.8 Å². The molecule has 0 saturated heterocycles. The standard InChI is InChI=1S/C15H21N3O4S2/c1-4-18-12(19)9-16(3)14(20)13-10-6-7-17(24(21,22)5-2)8-11(10)23-15(13)18/h4-9H2,1-3H3. The lowest BCUT2D eigenvalue weighted by molar-refractivity contribution is -0.118. The van der Waals surface area contributed by atoms with Crippen LogP contribution in [0.2, 0.25) is 0 Å². The van der Waals surface area contributed by atoms with Gasteiger partial charge in [-0.1, -0.05) is 0 Å². The number of carbonyl (C=O) groups excluding carboxylic acids is 2. The number of amides is 2. The third-order valence-corrected chi connectivity index (χ3v) is 7.62. The summed E-state index contributed by atoms with van der Waals surface area (Å²) in [5, 5.41) is 0.664. The molecule has 9 heteroatoms. The van der Waals surface area contributed by atoms with Gasteiger partial charge in [-0.3, -0.25) is 9.59 Å². The molecule has 0 atom stereocenters. The number of nitrogens with zero attached hydrogens (tertiary/aromatic N) is 3. The summed E-state index contributed by atoms with van der Waals surface area (Å²) >= 11 is 1.38. The third kappa shape index (κ3) is 2.64. The van der Waals surface area contributed by atoms with E-state index in [0.29, 0.717) is 30.1 Å². The van der Waals surface area contributed by atoms with E-state index in [4.69, 9.17) is 0 Å². The lowest BCUT2D eigenvalue weighted by atomic mass is 10.0. The molecule has 1 aromatic heterocycles. The zero-order chi connectivity index (χ0) is 17.6. The topological polar surface area (TPSA) is 78.0 Å². The number of anilines is 1. The van der Waals surface area contributed by atoms with Crippen molar-refractivity contribution < 1.29 is 18.0 Å². The number of fused-ring (bicyclic) bond motifs is 3. The van der Waals surface area contributed by atoms with Gasteiger partial charge in [0.05, 0.1) is 11.3 Å². The number of hydrogen-bond donors (Lipinski definition) is 0. The van der Waals surface area contributed by atoms with Crippen LogP contribution in [0.1, 0.15) is 34.6 Å². The second-order valence-corrected chi connectivity index (χ2v) is 9.31. The van der Waals surface area contributed by atoms with Gasteiger partial charge < -0.3 is 9.80 Å². The highest BCUT2D eigenvalue weighted by Gasteiger charge is 2.37. The Hall–Kier alpha value is -1.45. The summed E-state index contributed by atoms with van der Waals surface area (Å²) in [4.78, 5) is 29.1. The summed E-state index contributed by atoms with van der Waals surface area (Å²) in [7, 11) is -1.63. The Labute approximate surface area is 145 Å². The van der Waals surface area contributed by atoms with Crippen LogP contribution in [0.4, 0.5) is 5.00 Å². The molecule has 2 aliphatic heterocycles. The maximum absolute atomic E-state index is 12.7. The first-order valence-corrected chi connectivity index (χ1v) is 10.4. The van der Waals surface area contributed by atoms with Crippen LogP contribution in [-0.4, -0.2) is 61.9 Å². The first kappa shape index (κ1) is 17.4. The molecule has 0 aromatic carbocycles. The highest BCUT2D eigenvalue weighted by Crippen LogP contribution is 2.41. The van der Waals surface area contributed by atoms with E-state index < -0.39 is 10.0 Å².